The van der Waals surface area contributed by atoms with Gasteiger partial charge in [0.05, 0.1) is 17.2 Å². The highest BCUT2D eigenvalue weighted by atomic mass is 35.5. The van der Waals surface area contributed by atoms with E-state index in [1.165, 1.54) is 28.8 Å². The topological polar surface area (TPSA) is 65.2 Å². The highest BCUT2D eigenvalue weighted by Crippen LogP contribution is 2.38. The number of nitrogens with zero attached hydrogens (tertiary/aromatic N) is 5. The smallest absolute Gasteiger partial charge is 0.271 e. The predicted molar refractivity (Wildman–Crippen MR) is 144 cm³/mol. The van der Waals surface area contributed by atoms with Gasteiger partial charge in [0, 0.05) is 32.2 Å². The van der Waals surface area contributed by atoms with Crippen molar-refractivity contribution in [2.45, 2.75) is 32.0 Å². The summed E-state index contributed by atoms with van der Waals surface area (Å²) in [6.07, 6.45) is 0. The summed E-state index contributed by atoms with van der Waals surface area (Å²) < 4.78 is 29.0. The van der Waals surface area contributed by atoms with Crippen LogP contribution in [0.4, 0.5) is 14.5 Å². The monoisotopic (exact) mass is 533 g/mol. The zero-order valence-corrected chi connectivity index (χ0v) is 22.0. The average molecular weight is 534 g/mol. The quantitative estimate of drug-likeness (QED) is 0.350. The van der Waals surface area contributed by atoms with E-state index in [1.807, 2.05) is 6.92 Å². The number of aromatic nitrogens is 2. The van der Waals surface area contributed by atoms with Crippen LogP contribution in [0.25, 0.3) is 11.0 Å². The van der Waals surface area contributed by atoms with Gasteiger partial charge >= 0.3 is 0 Å². The van der Waals surface area contributed by atoms with Gasteiger partial charge in [0.15, 0.2) is 0 Å². The Morgan fingerprint density at radius 3 is 2.08 bits per heavy atom. The number of benzene rings is 2. The maximum absolute atomic E-state index is 13.8. The van der Waals surface area contributed by atoms with Gasteiger partial charge in [-0.05, 0) is 61.4 Å². The number of halogens is 3. The van der Waals surface area contributed by atoms with Gasteiger partial charge in [-0.2, -0.15) is 5.26 Å². The van der Waals surface area contributed by atoms with Crippen molar-refractivity contribution in [2.24, 2.45) is 7.05 Å². The molecular formula is C29H26ClF2N5O. The van der Waals surface area contributed by atoms with Crippen molar-refractivity contribution < 1.29 is 8.78 Å². The van der Waals surface area contributed by atoms with Crippen molar-refractivity contribution in [1.82, 2.24) is 14.5 Å². The fourth-order valence-electron chi connectivity index (χ4n) is 5.37. The molecular weight excluding hydrogens is 508 g/mol. The molecule has 1 aliphatic rings. The van der Waals surface area contributed by atoms with Gasteiger partial charge in [-0.25, -0.2) is 13.8 Å². The standard InChI is InChI=1S/C29H26ClF2N5O/c1-17-16-37(28-25(30)29(38)35(3)24-13-12-23(14-33)34-26(24)28)18(2)15-36(17)27(19-4-8-21(31)9-5-19)20-6-10-22(32)11-7-20/h4-13,17-18,27H,15-16H2,1-3H3/t17?,18-/m0/s1. The zero-order chi connectivity index (χ0) is 27.1. The third kappa shape index (κ3) is 4.53. The Kier molecular flexibility index (Phi) is 6.91. The first-order valence-electron chi connectivity index (χ1n) is 12.3. The van der Waals surface area contributed by atoms with Crippen LogP contribution < -0.4 is 10.5 Å². The van der Waals surface area contributed by atoms with E-state index in [9.17, 15) is 18.8 Å². The number of hydrogen-bond acceptors (Lipinski definition) is 5. The molecule has 2 atom stereocenters. The largest absolute Gasteiger partial charge is 0.363 e. The normalized spacial score (nSPS) is 18.2. The molecule has 0 radical (unpaired) electrons. The molecule has 5 rings (SSSR count). The van der Waals surface area contributed by atoms with Gasteiger partial charge < -0.3 is 9.47 Å². The number of piperazine rings is 1. The maximum atomic E-state index is 13.8. The lowest BCUT2D eigenvalue weighted by Gasteiger charge is -2.48. The van der Waals surface area contributed by atoms with E-state index in [1.54, 1.807) is 43.4 Å². The van der Waals surface area contributed by atoms with E-state index < -0.39 is 0 Å². The summed E-state index contributed by atoms with van der Waals surface area (Å²) in [6, 6.07) is 17.7. The van der Waals surface area contributed by atoms with Crippen LogP contribution >= 0.6 is 11.6 Å². The third-order valence-electron chi connectivity index (χ3n) is 7.30. The van der Waals surface area contributed by atoms with Crippen LogP contribution in [-0.2, 0) is 7.05 Å². The second-order valence-electron chi connectivity index (χ2n) is 9.76. The molecule has 0 amide bonds. The number of pyridine rings is 2. The molecule has 1 saturated heterocycles. The molecule has 3 heterocycles. The Hall–Kier alpha value is -3.80. The predicted octanol–water partition coefficient (Wildman–Crippen LogP) is 5.43. The summed E-state index contributed by atoms with van der Waals surface area (Å²) >= 11 is 6.66. The molecule has 0 N–H and O–H groups in total. The lowest BCUT2D eigenvalue weighted by Crippen LogP contribution is -2.57. The van der Waals surface area contributed by atoms with Crippen LogP contribution in [0.3, 0.4) is 0 Å². The van der Waals surface area contributed by atoms with Gasteiger partial charge in [0.25, 0.3) is 5.56 Å². The third-order valence-corrected chi connectivity index (χ3v) is 7.64. The lowest BCUT2D eigenvalue weighted by atomic mass is 9.93. The van der Waals surface area contributed by atoms with Crippen molar-refractivity contribution in [3.8, 4) is 6.07 Å². The zero-order valence-electron chi connectivity index (χ0n) is 21.2. The molecule has 1 aliphatic heterocycles. The number of fused-ring (bicyclic) bond motifs is 1. The molecule has 0 bridgehead atoms. The summed E-state index contributed by atoms with van der Waals surface area (Å²) in [5.74, 6) is -0.650. The van der Waals surface area contributed by atoms with Crippen molar-refractivity contribution in [1.29, 1.82) is 5.26 Å². The number of nitriles is 1. The van der Waals surface area contributed by atoms with Gasteiger partial charge in [0.2, 0.25) is 0 Å². The summed E-state index contributed by atoms with van der Waals surface area (Å²) in [7, 11) is 1.63. The minimum absolute atomic E-state index is 0.0411. The van der Waals surface area contributed by atoms with Crippen molar-refractivity contribution in [2.75, 3.05) is 18.0 Å². The van der Waals surface area contributed by atoms with Gasteiger partial charge in [0.1, 0.15) is 33.9 Å². The first kappa shape index (κ1) is 25.8. The maximum Gasteiger partial charge on any atom is 0.271 e. The summed E-state index contributed by atoms with van der Waals surface area (Å²) in [5.41, 5.74) is 3.29. The van der Waals surface area contributed by atoms with Crippen molar-refractivity contribution in [3.05, 3.63) is 104 Å². The Bertz CT molecular complexity index is 1550. The number of anilines is 1. The first-order chi connectivity index (χ1) is 18.2. The molecule has 38 heavy (non-hydrogen) atoms. The van der Waals surface area contributed by atoms with E-state index in [4.69, 9.17) is 11.6 Å². The Morgan fingerprint density at radius 2 is 1.53 bits per heavy atom. The number of hydrogen-bond donors (Lipinski definition) is 0. The Balaban J connectivity index is 1.58. The van der Waals surface area contributed by atoms with Crippen LogP contribution in [-0.4, -0.2) is 39.6 Å². The fraction of sp³-hybridized carbons (Fsp3) is 0.276. The first-order valence-corrected chi connectivity index (χ1v) is 12.7. The van der Waals surface area contributed by atoms with E-state index in [0.717, 1.165) is 11.1 Å². The van der Waals surface area contributed by atoms with Crippen LogP contribution in [0.2, 0.25) is 5.02 Å². The highest BCUT2D eigenvalue weighted by molar-refractivity contribution is 6.34. The van der Waals surface area contributed by atoms with E-state index in [2.05, 4.69) is 27.8 Å². The highest BCUT2D eigenvalue weighted by Gasteiger charge is 2.37. The Morgan fingerprint density at radius 1 is 0.947 bits per heavy atom. The minimum atomic E-state index is -0.335. The molecule has 0 saturated carbocycles. The van der Waals surface area contributed by atoms with Gasteiger partial charge in [-0.3, -0.25) is 9.69 Å². The van der Waals surface area contributed by atoms with E-state index in [-0.39, 0.29) is 46.0 Å². The number of rotatable bonds is 4. The van der Waals surface area contributed by atoms with Crippen LogP contribution in [0.15, 0.2) is 65.5 Å². The SMILES string of the molecule is CC1CN(c2c(Cl)c(=O)n(C)c3ccc(C#N)nc23)[C@@H](C)CN1C(c1ccc(F)cc1)c1ccc(F)cc1. The molecule has 6 nitrogen and oxygen atoms in total. The van der Waals surface area contributed by atoms with E-state index >= 15 is 0 Å². The van der Waals surface area contributed by atoms with Crippen molar-refractivity contribution >= 4 is 28.3 Å². The molecule has 0 spiro atoms. The molecule has 194 valence electrons. The average Bonchev–Trinajstić information content (AvgIpc) is 2.91. The Labute approximate surface area is 224 Å². The molecule has 2 aromatic heterocycles. The summed E-state index contributed by atoms with van der Waals surface area (Å²) in [4.78, 5) is 21.9. The lowest BCUT2D eigenvalue weighted by molar-refractivity contribution is 0.130. The molecule has 1 fully saturated rings. The molecule has 1 unspecified atom stereocenters. The molecule has 4 aromatic rings. The summed E-state index contributed by atoms with van der Waals surface area (Å²) in [6.45, 7) is 5.20. The number of aryl methyl sites for hydroxylation is 1. The molecule has 9 heteroatoms. The fourth-order valence-corrected chi connectivity index (χ4v) is 5.70. The van der Waals surface area contributed by atoms with Crippen LogP contribution in [0, 0.1) is 23.0 Å². The van der Waals surface area contributed by atoms with Crippen LogP contribution in [0.5, 0.6) is 0 Å². The van der Waals surface area contributed by atoms with Gasteiger partial charge in [-0.1, -0.05) is 35.9 Å². The minimum Gasteiger partial charge on any atom is -0.363 e. The summed E-state index contributed by atoms with van der Waals surface area (Å²) in [5, 5.41) is 9.51. The van der Waals surface area contributed by atoms with Crippen LogP contribution in [0.1, 0.15) is 36.7 Å². The van der Waals surface area contributed by atoms with Gasteiger partial charge in [-0.15, -0.1) is 0 Å². The van der Waals surface area contributed by atoms with Crippen molar-refractivity contribution in [3.63, 3.8) is 0 Å². The second kappa shape index (κ2) is 10.2. The molecule has 2 aromatic carbocycles. The second-order valence-corrected chi connectivity index (χ2v) is 10.1. The van der Waals surface area contributed by atoms with E-state index in [0.29, 0.717) is 29.8 Å². The molecule has 0 aliphatic carbocycles.